The monoisotopic (exact) mass is 467 g/mol. The number of hydrogen-bond acceptors (Lipinski definition) is 4. The standard InChI is InChI=1S/C29H25NO5/c1-34-26-17-19(14-15-24(26)31)21-10-5-11-22-23(28(29(32)33)30-27(21)22)12-6-16-35-25-13-4-8-18-7-2-3-9-20(18)25/h2-5,7-11,13-15,17,30-31H,6,12,16H2,1H3,(H,32,33). The molecule has 4 aromatic carbocycles. The zero-order valence-corrected chi connectivity index (χ0v) is 19.2. The number of phenols is 1. The van der Waals surface area contributed by atoms with Crippen molar-refractivity contribution in [1.82, 2.24) is 4.98 Å². The van der Waals surface area contributed by atoms with Crippen LogP contribution < -0.4 is 9.47 Å². The van der Waals surface area contributed by atoms with E-state index in [4.69, 9.17) is 9.47 Å². The van der Waals surface area contributed by atoms with Crippen LogP contribution in [0.5, 0.6) is 17.2 Å². The van der Waals surface area contributed by atoms with Gasteiger partial charge in [0.2, 0.25) is 0 Å². The lowest BCUT2D eigenvalue weighted by Crippen LogP contribution is -2.04. The Morgan fingerprint density at radius 2 is 1.69 bits per heavy atom. The van der Waals surface area contributed by atoms with Crippen LogP contribution in [-0.2, 0) is 6.42 Å². The smallest absolute Gasteiger partial charge is 0.352 e. The first kappa shape index (κ1) is 22.3. The van der Waals surface area contributed by atoms with Crippen molar-refractivity contribution in [2.45, 2.75) is 12.8 Å². The van der Waals surface area contributed by atoms with Gasteiger partial charge in [0.15, 0.2) is 11.5 Å². The highest BCUT2D eigenvalue weighted by molar-refractivity contribution is 6.03. The normalized spacial score (nSPS) is 11.1. The molecule has 6 heteroatoms. The minimum absolute atomic E-state index is 0.0491. The van der Waals surface area contributed by atoms with Crippen molar-refractivity contribution in [2.75, 3.05) is 13.7 Å². The van der Waals surface area contributed by atoms with E-state index >= 15 is 0 Å². The number of aromatic hydroxyl groups is 1. The summed E-state index contributed by atoms with van der Waals surface area (Å²) in [6.07, 6.45) is 1.21. The minimum atomic E-state index is -1.000. The third-order valence-corrected chi connectivity index (χ3v) is 6.22. The molecule has 35 heavy (non-hydrogen) atoms. The van der Waals surface area contributed by atoms with E-state index < -0.39 is 5.97 Å². The number of para-hydroxylation sites is 1. The summed E-state index contributed by atoms with van der Waals surface area (Å²) in [6, 6.07) is 24.9. The number of aryl methyl sites for hydroxylation is 1. The average Bonchev–Trinajstić information content (AvgIpc) is 3.26. The first-order valence-corrected chi connectivity index (χ1v) is 11.4. The molecule has 0 aliphatic heterocycles. The van der Waals surface area contributed by atoms with Gasteiger partial charge in [-0.15, -0.1) is 0 Å². The fourth-order valence-corrected chi connectivity index (χ4v) is 4.55. The second-order valence-corrected chi connectivity index (χ2v) is 8.33. The Balaban J connectivity index is 1.42. The molecular weight excluding hydrogens is 442 g/mol. The molecule has 0 fully saturated rings. The molecule has 0 bridgehead atoms. The number of carboxylic acid groups (broad SMARTS) is 1. The Morgan fingerprint density at radius 1 is 0.914 bits per heavy atom. The number of aromatic carboxylic acids is 1. The molecule has 5 rings (SSSR count). The summed E-state index contributed by atoms with van der Waals surface area (Å²) in [6.45, 7) is 0.467. The predicted octanol–water partition coefficient (Wildman–Crippen LogP) is 6.41. The molecule has 0 spiro atoms. The maximum absolute atomic E-state index is 12.1. The lowest BCUT2D eigenvalue weighted by molar-refractivity contribution is 0.0690. The number of aromatic nitrogens is 1. The summed E-state index contributed by atoms with van der Waals surface area (Å²) in [5.41, 5.74) is 3.32. The Labute approximate surface area is 202 Å². The molecule has 6 nitrogen and oxygen atoms in total. The molecule has 0 saturated carbocycles. The highest BCUT2D eigenvalue weighted by Gasteiger charge is 2.19. The van der Waals surface area contributed by atoms with Crippen LogP contribution in [0.15, 0.2) is 78.9 Å². The molecule has 0 atom stereocenters. The van der Waals surface area contributed by atoms with Crippen molar-refractivity contribution >= 4 is 27.6 Å². The molecule has 1 heterocycles. The summed E-state index contributed by atoms with van der Waals surface area (Å²) >= 11 is 0. The molecule has 0 amide bonds. The number of carbonyl (C=O) groups is 1. The first-order chi connectivity index (χ1) is 17.1. The topological polar surface area (TPSA) is 91.8 Å². The molecule has 5 aromatic rings. The van der Waals surface area contributed by atoms with Gasteiger partial charge in [0.1, 0.15) is 11.4 Å². The summed E-state index contributed by atoms with van der Waals surface area (Å²) in [5.74, 6) is 0.229. The Kier molecular flexibility index (Phi) is 6.02. The van der Waals surface area contributed by atoms with Crippen LogP contribution in [0.4, 0.5) is 0 Å². The van der Waals surface area contributed by atoms with E-state index in [-0.39, 0.29) is 11.4 Å². The molecule has 176 valence electrons. The number of H-pyrrole nitrogens is 1. The maximum atomic E-state index is 12.1. The van der Waals surface area contributed by atoms with E-state index in [1.54, 1.807) is 18.2 Å². The molecule has 0 unspecified atom stereocenters. The van der Waals surface area contributed by atoms with Gasteiger partial charge < -0.3 is 24.7 Å². The number of aromatic amines is 1. The second kappa shape index (κ2) is 9.43. The number of fused-ring (bicyclic) bond motifs is 2. The van der Waals surface area contributed by atoms with Gasteiger partial charge in [0, 0.05) is 16.3 Å². The van der Waals surface area contributed by atoms with Crippen LogP contribution in [0.3, 0.4) is 0 Å². The molecule has 0 saturated heterocycles. The highest BCUT2D eigenvalue weighted by Crippen LogP contribution is 2.36. The summed E-state index contributed by atoms with van der Waals surface area (Å²) in [5, 5.41) is 22.9. The Bertz CT molecular complexity index is 1530. The van der Waals surface area contributed by atoms with Gasteiger partial charge in [-0.3, -0.25) is 0 Å². The van der Waals surface area contributed by atoms with Crippen molar-refractivity contribution in [1.29, 1.82) is 0 Å². The van der Waals surface area contributed by atoms with Gasteiger partial charge in [0.25, 0.3) is 0 Å². The van der Waals surface area contributed by atoms with Crippen molar-refractivity contribution in [3.63, 3.8) is 0 Å². The molecule has 0 aliphatic rings. The lowest BCUT2D eigenvalue weighted by atomic mass is 9.99. The van der Waals surface area contributed by atoms with Crippen molar-refractivity contribution in [3.05, 3.63) is 90.1 Å². The van der Waals surface area contributed by atoms with E-state index in [1.807, 2.05) is 48.5 Å². The largest absolute Gasteiger partial charge is 0.504 e. The Morgan fingerprint density at radius 3 is 2.51 bits per heavy atom. The van der Waals surface area contributed by atoms with Gasteiger partial charge in [-0.2, -0.15) is 0 Å². The molecule has 1 aromatic heterocycles. The molecule has 3 N–H and O–H groups in total. The predicted molar refractivity (Wildman–Crippen MR) is 137 cm³/mol. The van der Waals surface area contributed by atoms with Gasteiger partial charge in [-0.25, -0.2) is 4.79 Å². The number of nitrogens with one attached hydrogen (secondary N) is 1. The van der Waals surface area contributed by atoms with Crippen LogP contribution in [0.2, 0.25) is 0 Å². The third kappa shape index (κ3) is 4.26. The van der Waals surface area contributed by atoms with Crippen molar-refractivity contribution in [3.8, 4) is 28.4 Å². The zero-order valence-electron chi connectivity index (χ0n) is 19.2. The van der Waals surface area contributed by atoms with E-state index in [0.29, 0.717) is 25.2 Å². The van der Waals surface area contributed by atoms with Gasteiger partial charge in [-0.05, 0) is 47.6 Å². The van der Waals surface area contributed by atoms with E-state index in [2.05, 4.69) is 17.1 Å². The number of rotatable bonds is 8. The van der Waals surface area contributed by atoms with Gasteiger partial charge in [0.05, 0.1) is 19.2 Å². The summed E-state index contributed by atoms with van der Waals surface area (Å²) < 4.78 is 11.3. The Hall–Kier alpha value is -4.45. The second-order valence-electron chi connectivity index (χ2n) is 8.33. The van der Waals surface area contributed by atoms with Gasteiger partial charge in [-0.1, -0.05) is 60.7 Å². The molecular formula is C29H25NO5. The number of benzene rings is 4. The summed E-state index contributed by atoms with van der Waals surface area (Å²) in [4.78, 5) is 15.2. The number of methoxy groups -OCH3 is 1. The SMILES string of the molecule is COc1cc(-c2cccc3c(CCCOc4cccc5ccccc45)c(C(=O)O)[nH]c23)ccc1O. The number of hydrogen-bond donors (Lipinski definition) is 3. The fraction of sp³-hybridized carbons (Fsp3) is 0.138. The van der Waals surface area contributed by atoms with Crippen LogP contribution in [0.1, 0.15) is 22.5 Å². The minimum Gasteiger partial charge on any atom is -0.504 e. The number of phenolic OH excluding ortho intramolecular Hbond substituents is 1. The van der Waals surface area contributed by atoms with Crippen LogP contribution in [0.25, 0.3) is 32.8 Å². The lowest BCUT2D eigenvalue weighted by Gasteiger charge is -2.10. The quantitative estimate of drug-likeness (QED) is 0.229. The number of ether oxygens (including phenoxy) is 2. The van der Waals surface area contributed by atoms with E-state index in [9.17, 15) is 15.0 Å². The highest BCUT2D eigenvalue weighted by atomic mass is 16.5. The molecule has 0 radical (unpaired) electrons. The van der Waals surface area contributed by atoms with E-state index in [0.717, 1.165) is 44.1 Å². The molecule has 0 aliphatic carbocycles. The van der Waals surface area contributed by atoms with Crippen LogP contribution in [0, 0.1) is 0 Å². The summed E-state index contributed by atoms with van der Waals surface area (Å²) in [7, 11) is 1.50. The average molecular weight is 468 g/mol. The van der Waals surface area contributed by atoms with E-state index in [1.165, 1.54) is 7.11 Å². The first-order valence-electron chi connectivity index (χ1n) is 11.4. The van der Waals surface area contributed by atoms with Crippen molar-refractivity contribution < 1.29 is 24.5 Å². The van der Waals surface area contributed by atoms with Crippen LogP contribution >= 0.6 is 0 Å². The van der Waals surface area contributed by atoms with Gasteiger partial charge >= 0.3 is 5.97 Å². The zero-order chi connectivity index (χ0) is 24.4. The fourth-order valence-electron chi connectivity index (χ4n) is 4.55. The maximum Gasteiger partial charge on any atom is 0.352 e. The van der Waals surface area contributed by atoms with Crippen molar-refractivity contribution in [2.24, 2.45) is 0 Å². The van der Waals surface area contributed by atoms with Crippen LogP contribution in [-0.4, -0.2) is 34.9 Å². The number of carboxylic acids is 1. The third-order valence-electron chi connectivity index (χ3n) is 6.22.